The van der Waals surface area contributed by atoms with E-state index >= 15 is 0 Å². The topological polar surface area (TPSA) is 29.3 Å². The van der Waals surface area contributed by atoms with Gasteiger partial charge in [0.05, 0.1) is 0 Å². The normalized spacial score (nSPS) is 22.2. The van der Waals surface area contributed by atoms with Crippen LogP contribution in [0.5, 0.6) is 0 Å². The fourth-order valence-electron chi connectivity index (χ4n) is 2.54. The SMILES string of the molecule is C[C@@H]1CCCN(Cc2cccc(CN)c2)C1. The molecule has 0 saturated carbocycles. The van der Waals surface area contributed by atoms with Crippen LogP contribution in [-0.4, -0.2) is 18.0 Å². The summed E-state index contributed by atoms with van der Waals surface area (Å²) < 4.78 is 0. The molecule has 1 fully saturated rings. The molecule has 0 aliphatic carbocycles. The van der Waals surface area contributed by atoms with Gasteiger partial charge in [0.1, 0.15) is 0 Å². The highest BCUT2D eigenvalue weighted by Crippen LogP contribution is 2.18. The standard InChI is InChI=1S/C14H22N2/c1-12-4-3-7-16(10-12)11-14-6-2-5-13(8-14)9-15/h2,5-6,8,12H,3-4,7,9-11,15H2,1H3/t12-/m1/s1. The van der Waals surface area contributed by atoms with Crippen LogP contribution in [0.15, 0.2) is 24.3 Å². The van der Waals surface area contributed by atoms with Gasteiger partial charge < -0.3 is 5.73 Å². The number of hydrogen-bond donors (Lipinski definition) is 1. The number of piperidine rings is 1. The molecule has 0 aromatic heterocycles. The van der Waals surface area contributed by atoms with Gasteiger partial charge in [-0.2, -0.15) is 0 Å². The van der Waals surface area contributed by atoms with Crippen LogP contribution in [0.4, 0.5) is 0 Å². The molecule has 1 saturated heterocycles. The van der Waals surface area contributed by atoms with Crippen molar-refractivity contribution in [1.82, 2.24) is 4.90 Å². The summed E-state index contributed by atoms with van der Waals surface area (Å²) in [4.78, 5) is 2.56. The van der Waals surface area contributed by atoms with Crippen molar-refractivity contribution >= 4 is 0 Å². The summed E-state index contributed by atoms with van der Waals surface area (Å²) in [6.45, 7) is 6.56. The Kier molecular flexibility index (Phi) is 3.97. The van der Waals surface area contributed by atoms with Crippen LogP contribution in [0.2, 0.25) is 0 Å². The Bertz CT molecular complexity index is 335. The fraction of sp³-hybridized carbons (Fsp3) is 0.571. The molecule has 1 aliphatic heterocycles. The number of rotatable bonds is 3. The Morgan fingerprint density at radius 2 is 2.19 bits per heavy atom. The third kappa shape index (κ3) is 3.06. The van der Waals surface area contributed by atoms with Gasteiger partial charge in [0.25, 0.3) is 0 Å². The average Bonchev–Trinajstić information content (AvgIpc) is 2.29. The predicted molar refractivity (Wildman–Crippen MR) is 68.0 cm³/mol. The lowest BCUT2D eigenvalue weighted by molar-refractivity contribution is 0.176. The minimum absolute atomic E-state index is 0.643. The molecule has 0 radical (unpaired) electrons. The van der Waals surface area contributed by atoms with E-state index in [1.807, 2.05) is 0 Å². The smallest absolute Gasteiger partial charge is 0.0233 e. The minimum atomic E-state index is 0.643. The maximum absolute atomic E-state index is 5.66. The highest BCUT2D eigenvalue weighted by molar-refractivity contribution is 5.23. The fourth-order valence-corrected chi connectivity index (χ4v) is 2.54. The Balaban J connectivity index is 1.97. The summed E-state index contributed by atoms with van der Waals surface area (Å²) in [5.74, 6) is 0.853. The zero-order valence-electron chi connectivity index (χ0n) is 10.2. The Labute approximate surface area is 98.4 Å². The van der Waals surface area contributed by atoms with E-state index in [2.05, 4.69) is 36.1 Å². The van der Waals surface area contributed by atoms with Crippen LogP contribution in [-0.2, 0) is 13.1 Å². The van der Waals surface area contributed by atoms with Crippen molar-refractivity contribution in [3.63, 3.8) is 0 Å². The molecule has 1 aromatic carbocycles. The monoisotopic (exact) mass is 218 g/mol. The second-order valence-electron chi connectivity index (χ2n) is 5.01. The van der Waals surface area contributed by atoms with Crippen molar-refractivity contribution < 1.29 is 0 Å². The molecule has 1 aromatic rings. The Morgan fingerprint density at radius 3 is 2.94 bits per heavy atom. The Hall–Kier alpha value is -0.860. The second kappa shape index (κ2) is 5.46. The number of nitrogens with two attached hydrogens (primary N) is 1. The van der Waals surface area contributed by atoms with Crippen molar-refractivity contribution in [2.24, 2.45) is 11.7 Å². The van der Waals surface area contributed by atoms with E-state index in [-0.39, 0.29) is 0 Å². The van der Waals surface area contributed by atoms with E-state index in [1.54, 1.807) is 0 Å². The molecule has 2 heteroatoms. The molecular formula is C14H22N2. The van der Waals surface area contributed by atoms with Crippen LogP contribution in [0.1, 0.15) is 30.9 Å². The predicted octanol–water partition coefficient (Wildman–Crippen LogP) is 2.38. The lowest BCUT2D eigenvalue weighted by Gasteiger charge is -2.30. The summed E-state index contributed by atoms with van der Waals surface area (Å²) in [6.07, 6.45) is 2.73. The molecule has 0 bridgehead atoms. The lowest BCUT2D eigenvalue weighted by Crippen LogP contribution is -2.33. The number of hydrogen-bond acceptors (Lipinski definition) is 2. The molecule has 1 aliphatic rings. The first kappa shape index (κ1) is 11.6. The number of nitrogens with zero attached hydrogens (tertiary/aromatic N) is 1. The minimum Gasteiger partial charge on any atom is -0.326 e. The molecule has 2 N–H and O–H groups in total. The highest BCUT2D eigenvalue weighted by atomic mass is 15.1. The van der Waals surface area contributed by atoms with Gasteiger partial charge in [-0.1, -0.05) is 31.2 Å². The van der Waals surface area contributed by atoms with E-state index < -0.39 is 0 Å². The van der Waals surface area contributed by atoms with Gasteiger partial charge in [-0.05, 0) is 36.4 Å². The van der Waals surface area contributed by atoms with E-state index in [1.165, 1.54) is 37.1 Å². The van der Waals surface area contributed by atoms with Crippen molar-refractivity contribution in [3.8, 4) is 0 Å². The summed E-state index contributed by atoms with van der Waals surface area (Å²) in [5.41, 5.74) is 8.30. The zero-order valence-corrected chi connectivity index (χ0v) is 10.2. The molecule has 2 rings (SSSR count). The lowest BCUT2D eigenvalue weighted by atomic mass is 9.99. The van der Waals surface area contributed by atoms with Crippen LogP contribution in [0, 0.1) is 5.92 Å². The summed E-state index contributed by atoms with van der Waals surface area (Å²) in [7, 11) is 0. The van der Waals surface area contributed by atoms with E-state index in [0.29, 0.717) is 6.54 Å². The van der Waals surface area contributed by atoms with Crippen molar-refractivity contribution in [2.75, 3.05) is 13.1 Å². The third-order valence-electron chi connectivity index (χ3n) is 3.37. The van der Waals surface area contributed by atoms with E-state index in [0.717, 1.165) is 12.5 Å². The summed E-state index contributed by atoms with van der Waals surface area (Å²) in [5, 5.41) is 0. The molecule has 2 nitrogen and oxygen atoms in total. The summed E-state index contributed by atoms with van der Waals surface area (Å²) in [6, 6.07) is 8.66. The van der Waals surface area contributed by atoms with E-state index in [9.17, 15) is 0 Å². The van der Waals surface area contributed by atoms with Crippen LogP contribution >= 0.6 is 0 Å². The zero-order chi connectivity index (χ0) is 11.4. The molecule has 1 atom stereocenters. The van der Waals surface area contributed by atoms with Gasteiger partial charge in [-0.15, -0.1) is 0 Å². The van der Waals surface area contributed by atoms with Crippen LogP contribution < -0.4 is 5.73 Å². The molecule has 16 heavy (non-hydrogen) atoms. The first-order valence-corrected chi connectivity index (χ1v) is 6.28. The Morgan fingerprint density at radius 1 is 1.38 bits per heavy atom. The average molecular weight is 218 g/mol. The van der Waals surface area contributed by atoms with Gasteiger partial charge in [0.15, 0.2) is 0 Å². The van der Waals surface area contributed by atoms with Gasteiger partial charge in [-0.3, -0.25) is 4.90 Å². The van der Waals surface area contributed by atoms with E-state index in [4.69, 9.17) is 5.73 Å². The van der Waals surface area contributed by atoms with Crippen molar-refractivity contribution in [3.05, 3.63) is 35.4 Å². The maximum Gasteiger partial charge on any atom is 0.0233 e. The van der Waals surface area contributed by atoms with Gasteiger partial charge in [0.2, 0.25) is 0 Å². The summed E-state index contributed by atoms with van der Waals surface area (Å²) >= 11 is 0. The second-order valence-corrected chi connectivity index (χ2v) is 5.01. The molecule has 0 amide bonds. The molecule has 0 unspecified atom stereocenters. The third-order valence-corrected chi connectivity index (χ3v) is 3.37. The molecule has 1 heterocycles. The molecule has 0 spiro atoms. The van der Waals surface area contributed by atoms with Gasteiger partial charge in [0, 0.05) is 19.6 Å². The quantitative estimate of drug-likeness (QED) is 0.844. The van der Waals surface area contributed by atoms with Crippen LogP contribution in [0.25, 0.3) is 0 Å². The first-order valence-electron chi connectivity index (χ1n) is 6.28. The number of benzene rings is 1. The van der Waals surface area contributed by atoms with Crippen molar-refractivity contribution in [2.45, 2.75) is 32.9 Å². The molecule has 88 valence electrons. The van der Waals surface area contributed by atoms with Gasteiger partial charge >= 0.3 is 0 Å². The van der Waals surface area contributed by atoms with Gasteiger partial charge in [-0.25, -0.2) is 0 Å². The van der Waals surface area contributed by atoms with Crippen molar-refractivity contribution in [1.29, 1.82) is 0 Å². The number of likely N-dealkylation sites (tertiary alicyclic amines) is 1. The first-order chi connectivity index (χ1) is 7.78. The highest BCUT2D eigenvalue weighted by Gasteiger charge is 2.15. The maximum atomic E-state index is 5.66. The van der Waals surface area contributed by atoms with Crippen LogP contribution in [0.3, 0.4) is 0 Å². The molecular weight excluding hydrogens is 196 g/mol. The largest absolute Gasteiger partial charge is 0.326 e.